The van der Waals surface area contributed by atoms with Gasteiger partial charge < -0.3 is 10.2 Å². The minimum atomic E-state index is 0.984. The third kappa shape index (κ3) is 5.65. The zero-order valence-electron chi connectivity index (χ0n) is 12.2. The number of likely N-dealkylation sites (N-methyl/N-ethyl adjacent to an activating group) is 1. The lowest BCUT2D eigenvalue weighted by molar-refractivity contribution is 0.287. The SMILES string of the molecule is CCCN(CC)CCNCc1cccc(CC)c1. The fraction of sp³-hybridized carbons (Fsp3) is 0.625. The van der Waals surface area contributed by atoms with Crippen LogP contribution in [0.4, 0.5) is 0 Å². The van der Waals surface area contributed by atoms with Crippen molar-refractivity contribution in [3.8, 4) is 0 Å². The number of hydrogen-bond donors (Lipinski definition) is 1. The summed E-state index contributed by atoms with van der Waals surface area (Å²) in [5, 5.41) is 3.53. The first-order valence-corrected chi connectivity index (χ1v) is 7.31. The van der Waals surface area contributed by atoms with Gasteiger partial charge in [0.25, 0.3) is 0 Å². The van der Waals surface area contributed by atoms with Crippen LogP contribution < -0.4 is 5.32 Å². The molecule has 0 aliphatic heterocycles. The second kappa shape index (κ2) is 9.12. The first kappa shape index (κ1) is 15.2. The molecule has 102 valence electrons. The summed E-state index contributed by atoms with van der Waals surface area (Å²) in [6, 6.07) is 8.86. The van der Waals surface area contributed by atoms with Gasteiger partial charge in [-0.3, -0.25) is 0 Å². The molecule has 0 saturated carbocycles. The van der Waals surface area contributed by atoms with Gasteiger partial charge in [-0.2, -0.15) is 0 Å². The van der Waals surface area contributed by atoms with E-state index >= 15 is 0 Å². The third-order valence-corrected chi connectivity index (χ3v) is 3.32. The third-order valence-electron chi connectivity index (χ3n) is 3.32. The number of nitrogens with zero attached hydrogens (tertiary/aromatic N) is 1. The van der Waals surface area contributed by atoms with Crippen molar-refractivity contribution in [1.82, 2.24) is 10.2 Å². The Bertz CT molecular complexity index is 323. The van der Waals surface area contributed by atoms with E-state index in [1.165, 1.54) is 24.1 Å². The van der Waals surface area contributed by atoms with E-state index in [9.17, 15) is 0 Å². The highest BCUT2D eigenvalue weighted by atomic mass is 15.1. The quantitative estimate of drug-likeness (QED) is 0.676. The highest BCUT2D eigenvalue weighted by molar-refractivity contribution is 5.23. The minimum Gasteiger partial charge on any atom is -0.311 e. The van der Waals surface area contributed by atoms with Crippen molar-refractivity contribution in [2.75, 3.05) is 26.2 Å². The molecule has 1 aromatic rings. The van der Waals surface area contributed by atoms with E-state index in [2.05, 4.69) is 55.3 Å². The molecule has 1 N–H and O–H groups in total. The summed E-state index contributed by atoms with van der Waals surface area (Å²) < 4.78 is 0. The Morgan fingerprint density at radius 1 is 1.06 bits per heavy atom. The predicted molar refractivity (Wildman–Crippen MR) is 79.9 cm³/mol. The van der Waals surface area contributed by atoms with Crippen LogP contribution in [0.5, 0.6) is 0 Å². The van der Waals surface area contributed by atoms with Crippen LogP contribution in [0.2, 0.25) is 0 Å². The summed E-state index contributed by atoms with van der Waals surface area (Å²) in [7, 11) is 0. The van der Waals surface area contributed by atoms with Crippen molar-refractivity contribution >= 4 is 0 Å². The van der Waals surface area contributed by atoms with E-state index in [4.69, 9.17) is 0 Å². The van der Waals surface area contributed by atoms with E-state index in [0.29, 0.717) is 0 Å². The summed E-state index contributed by atoms with van der Waals surface area (Å²) in [6.07, 6.45) is 2.36. The molecule has 2 nitrogen and oxygen atoms in total. The average Bonchev–Trinajstić information content (AvgIpc) is 2.42. The maximum absolute atomic E-state index is 3.53. The molecule has 2 heteroatoms. The molecule has 0 aliphatic carbocycles. The van der Waals surface area contributed by atoms with Gasteiger partial charge in [0, 0.05) is 19.6 Å². The Morgan fingerprint density at radius 2 is 1.83 bits per heavy atom. The van der Waals surface area contributed by atoms with Crippen LogP contribution in [0.1, 0.15) is 38.3 Å². The van der Waals surface area contributed by atoms with Gasteiger partial charge in [0.15, 0.2) is 0 Å². The van der Waals surface area contributed by atoms with E-state index in [1.807, 2.05) is 0 Å². The molecule has 0 heterocycles. The molecular weight excluding hydrogens is 220 g/mol. The first-order chi connectivity index (χ1) is 8.80. The molecule has 0 saturated heterocycles. The van der Waals surface area contributed by atoms with Crippen LogP contribution in [0, 0.1) is 0 Å². The highest BCUT2D eigenvalue weighted by Gasteiger charge is 2.00. The molecular formula is C16H28N2. The topological polar surface area (TPSA) is 15.3 Å². The van der Waals surface area contributed by atoms with Gasteiger partial charge in [0.2, 0.25) is 0 Å². The molecule has 0 aliphatic rings. The molecule has 0 unspecified atom stereocenters. The molecule has 18 heavy (non-hydrogen) atoms. The lowest BCUT2D eigenvalue weighted by Gasteiger charge is -2.19. The predicted octanol–water partition coefficient (Wildman–Crippen LogP) is 3.07. The Morgan fingerprint density at radius 3 is 2.50 bits per heavy atom. The van der Waals surface area contributed by atoms with Crippen molar-refractivity contribution < 1.29 is 0 Å². The van der Waals surface area contributed by atoms with Crippen LogP contribution in [0.15, 0.2) is 24.3 Å². The first-order valence-electron chi connectivity index (χ1n) is 7.31. The van der Waals surface area contributed by atoms with Gasteiger partial charge >= 0.3 is 0 Å². The maximum Gasteiger partial charge on any atom is 0.0206 e. The molecule has 1 aromatic carbocycles. The molecule has 0 bridgehead atoms. The van der Waals surface area contributed by atoms with E-state index < -0.39 is 0 Å². The second-order valence-electron chi connectivity index (χ2n) is 4.78. The minimum absolute atomic E-state index is 0.984. The van der Waals surface area contributed by atoms with Crippen molar-refractivity contribution in [3.63, 3.8) is 0 Å². The van der Waals surface area contributed by atoms with E-state index in [0.717, 1.165) is 32.6 Å². The summed E-state index contributed by atoms with van der Waals surface area (Å²) in [5.74, 6) is 0. The molecule has 0 amide bonds. The van der Waals surface area contributed by atoms with E-state index in [-0.39, 0.29) is 0 Å². The van der Waals surface area contributed by atoms with Gasteiger partial charge in [-0.15, -0.1) is 0 Å². The van der Waals surface area contributed by atoms with E-state index in [1.54, 1.807) is 0 Å². The fourth-order valence-electron chi connectivity index (χ4n) is 2.17. The Balaban J connectivity index is 2.24. The number of aryl methyl sites for hydroxylation is 1. The number of benzene rings is 1. The van der Waals surface area contributed by atoms with Crippen LogP contribution in [-0.2, 0) is 13.0 Å². The zero-order chi connectivity index (χ0) is 13.2. The fourth-order valence-corrected chi connectivity index (χ4v) is 2.17. The van der Waals surface area contributed by atoms with Crippen molar-refractivity contribution in [3.05, 3.63) is 35.4 Å². The zero-order valence-corrected chi connectivity index (χ0v) is 12.2. The van der Waals surface area contributed by atoms with Crippen LogP contribution >= 0.6 is 0 Å². The van der Waals surface area contributed by atoms with Crippen molar-refractivity contribution in [1.29, 1.82) is 0 Å². The molecule has 0 atom stereocenters. The van der Waals surface area contributed by atoms with Crippen LogP contribution in [0.3, 0.4) is 0 Å². The Hall–Kier alpha value is -0.860. The standard InChI is InChI=1S/C16H28N2/c1-4-11-18(6-3)12-10-17-14-16-9-7-8-15(5-2)13-16/h7-9,13,17H,4-6,10-12,14H2,1-3H3. The van der Waals surface area contributed by atoms with Gasteiger partial charge in [0.1, 0.15) is 0 Å². The molecule has 0 aromatic heterocycles. The Kier molecular flexibility index (Phi) is 7.70. The summed E-state index contributed by atoms with van der Waals surface area (Å²) in [5.41, 5.74) is 2.82. The van der Waals surface area contributed by atoms with Crippen LogP contribution in [-0.4, -0.2) is 31.1 Å². The molecule has 0 radical (unpaired) electrons. The monoisotopic (exact) mass is 248 g/mol. The summed E-state index contributed by atoms with van der Waals surface area (Å²) >= 11 is 0. The lowest BCUT2D eigenvalue weighted by atomic mass is 10.1. The van der Waals surface area contributed by atoms with Crippen molar-refractivity contribution in [2.45, 2.75) is 40.2 Å². The van der Waals surface area contributed by atoms with Gasteiger partial charge in [-0.05, 0) is 37.1 Å². The smallest absolute Gasteiger partial charge is 0.0206 e. The number of rotatable bonds is 9. The second-order valence-corrected chi connectivity index (χ2v) is 4.78. The number of nitrogens with one attached hydrogen (secondary N) is 1. The lowest BCUT2D eigenvalue weighted by Crippen LogP contribution is -2.32. The normalized spacial score (nSPS) is 11.1. The summed E-state index contributed by atoms with van der Waals surface area (Å²) in [6.45, 7) is 12.3. The van der Waals surface area contributed by atoms with Crippen LogP contribution in [0.25, 0.3) is 0 Å². The van der Waals surface area contributed by atoms with Gasteiger partial charge in [0.05, 0.1) is 0 Å². The average molecular weight is 248 g/mol. The van der Waals surface area contributed by atoms with Crippen molar-refractivity contribution in [2.24, 2.45) is 0 Å². The number of hydrogen-bond acceptors (Lipinski definition) is 2. The highest BCUT2D eigenvalue weighted by Crippen LogP contribution is 2.05. The molecule has 0 spiro atoms. The largest absolute Gasteiger partial charge is 0.311 e. The molecule has 1 rings (SSSR count). The van der Waals surface area contributed by atoms with Gasteiger partial charge in [-0.1, -0.05) is 45.0 Å². The Labute approximate surface area is 112 Å². The summed E-state index contributed by atoms with van der Waals surface area (Å²) in [4.78, 5) is 2.50. The van der Waals surface area contributed by atoms with Gasteiger partial charge in [-0.25, -0.2) is 0 Å². The molecule has 0 fully saturated rings. The maximum atomic E-state index is 3.53.